The maximum Gasteiger partial charge on any atom is 0.224 e. The highest BCUT2D eigenvalue weighted by molar-refractivity contribution is 5.98. The Labute approximate surface area is 92.8 Å². The minimum atomic E-state index is -0.472. The van der Waals surface area contributed by atoms with E-state index in [4.69, 9.17) is 0 Å². The lowest BCUT2D eigenvalue weighted by Gasteiger charge is -2.10. The Balaban J connectivity index is 2.98. The third kappa shape index (κ3) is 3.34. The Morgan fingerprint density at radius 3 is 2.50 bits per heavy atom. The number of carbonyl (C=O) groups excluding carboxylic acids is 2. The Morgan fingerprint density at radius 2 is 1.94 bits per heavy atom. The second-order valence-corrected chi connectivity index (χ2v) is 3.27. The Hall–Kier alpha value is -1.91. The van der Waals surface area contributed by atoms with Gasteiger partial charge in [0.2, 0.25) is 11.8 Å². The molecule has 4 nitrogen and oxygen atoms in total. The molecule has 86 valence electrons. The van der Waals surface area contributed by atoms with Crippen LogP contribution in [0.2, 0.25) is 0 Å². The van der Waals surface area contributed by atoms with E-state index < -0.39 is 5.82 Å². The Kier molecular flexibility index (Phi) is 3.99. The molecule has 0 spiro atoms. The molecule has 1 aromatic carbocycles. The van der Waals surface area contributed by atoms with E-state index in [9.17, 15) is 14.0 Å². The number of benzene rings is 1. The van der Waals surface area contributed by atoms with E-state index in [0.29, 0.717) is 5.69 Å². The molecular formula is C11H13FN2O2. The first-order valence-corrected chi connectivity index (χ1v) is 4.90. The summed E-state index contributed by atoms with van der Waals surface area (Å²) in [5, 5.41) is 5.02. The number of halogens is 1. The SMILES string of the molecule is CCC(=O)Nc1cc(F)ccc1NC(C)=O. The molecule has 16 heavy (non-hydrogen) atoms. The van der Waals surface area contributed by atoms with Crippen molar-refractivity contribution < 1.29 is 14.0 Å². The van der Waals surface area contributed by atoms with Gasteiger partial charge in [0, 0.05) is 13.3 Å². The van der Waals surface area contributed by atoms with Crippen molar-refractivity contribution in [1.82, 2.24) is 0 Å². The summed E-state index contributed by atoms with van der Waals surface area (Å²) in [5.74, 6) is -0.990. The molecule has 2 N–H and O–H groups in total. The summed E-state index contributed by atoms with van der Waals surface area (Å²) >= 11 is 0. The predicted octanol–water partition coefficient (Wildman–Crippen LogP) is 2.13. The number of amides is 2. The highest BCUT2D eigenvalue weighted by atomic mass is 19.1. The maximum atomic E-state index is 13.0. The molecule has 0 atom stereocenters. The van der Waals surface area contributed by atoms with Crippen LogP contribution in [0, 0.1) is 5.82 Å². The molecule has 0 heterocycles. The predicted molar refractivity (Wildman–Crippen MR) is 59.6 cm³/mol. The zero-order valence-electron chi connectivity index (χ0n) is 9.13. The number of carbonyl (C=O) groups is 2. The van der Waals surface area contributed by atoms with Crippen molar-refractivity contribution >= 4 is 23.2 Å². The fourth-order valence-electron chi connectivity index (χ4n) is 1.16. The third-order valence-corrected chi connectivity index (χ3v) is 1.89. The van der Waals surface area contributed by atoms with Crippen LogP contribution in [0.15, 0.2) is 18.2 Å². The van der Waals surface area contributed by atoms with Gasteiger partial charge in [-0.1, -0.05) is 6.92 Å². The van der Waals surface area contributed by atoms with Gasteiger partial charge in [0.05, 0.1) is 11.4 Å². The normalized spacial score (nSPS) is 9.69. The second kappa shape index (κ2) is 5.25. The van der Waals surface area contributed by atoms with E-state index in [1.54, 1.807) is 6.92 Å². The maximum absolute atomic E-state index is 13.0. The molecule has 0 unspecified atom stereocenters. The van der Waals surface area contributed by atoms with Gasteiger partial charge in [-0.2, -0.15) is 0 Å². The monoisotopic (exact) mass is 224 g/mol. The van der Waals surface area contributed by atoms with E-state index in [1.807, 2.05) is 0 Å². The largest absolute Gasteiger partial charge is 0.325 e. The fourth-order valence-corrected chi connectivity index (χ4v) is 1.16. The highest BCUT2D eigenvalue weighted by Crippen LogP contribution is 2.22. The van der Waals surface area contributed by atoms with Crippen LogP contribution in [0.4, 0.5) is 15.8 Å². The quantitative estimate of drug-likeness (QED) is 0.826. The standard InChI is InChI=1S/C11H13FN2O2/c1-3-11(16)14-10-6-8(12)4-5-9(10)13-7(2)15/h4-6H,3H2,1-2H3,(H,13,15)(H,14,16). The number of rotatable bonds is 3. The highest BCUT2D eigenvalue weighted by Gasteiger charge is 2.07. The molecule has 0 aromatic heterocycles. The lowest BCUT2D eigenvalue weighted by Crippen LogP contribution is -2.14. The van der Waals surface area contributed by atoms with Gasteiger partial charge in [0.15, 0.2) is 0 Å². The number of nitrogens with one attached hydrogen (secondary N) is 2. The van der Waals surface area contributed by atoms with Crippen LogP contribution in [0.5, 0.6) is 0 Å². The number of hydrogen-bond acceptors (Lipinski definition) is 2. The molecule has 0 saturated heterocycles. The van der Waals surface area contributed by atoms with Gasteiger partial charge in [-0.3, -0.25) is 9.59 Å². The number of anilines is 2. The molecule has 2 amide bonds. The van der Waals surface area contributed by atoms with E-state index in [2.05, 4.69) is 10.6 Å². The fraction of sp³-hybridized carbons (Fsp3) is 0.273. The molecule has 0 aliphatic rings. The lowest BCUT2D eigenvalue weighted by atomic mass is 10.2. The van der Waals surface area contributed by atoms with Crippen LogP contribution in [-0.4, -0.2) is 11.8 Å². The average molecular weight is 224 g/mol. The smallest absolute Gasteiger partial charge is 0.224 e. The van der Waals surface area contributed by atoms with Gasteiger partial charge in [0.1, 0.15) is 5.82 Å². The van der Waals surface area contributed by atoms with Crippen LogP contribution in [0.25, 0.3) is 0 Å². The molecule has 0 fully saturated rings. The van der Waals surface area contributed by atoms with Crippen molar-refractivity contribution in [2.75, 3.05) is 10.6 Å². The van der Waals surface area contributed by atoms with Gasteiger partial charge in [-0.25, -0.2) is 4.39 Å². The molecule has 1 aromatic rings. The minimum absolute atomic E-state index is 0.239. The zero-order chi connectivity index (χ0) is 12.1. The van der Waals surface area contributed by atoms with Gasteiger partial charge < -0.3 is 10.6 Å². The molecule has 0 aliphatic carbocycles. The molecule has 5 heteroatoms. The molecule has 0 saturated carbocycles. The molecule has 0 bridgehead atoms. The first kappa shape index (κ1) is 12.2. The summed E-state index contributed by atoms with van der Waals surface area (Å²) in [4.78, 5) is 22.1. The first-order chi connectivity index (χ1) is 7.52. The Bertz CT molecular complexity index is 418. The van der Waals surface area contributed by atoms with Crippen LogP contribution in [0.1, 0.15) is 20.3 Å². The van der Waals surface area contributed by atoms with Crippen molar-refractivity contribution in [3.05, 3.63) is 24.0 Å². The van der Waals surface area contributed by atoms with Crippen molar-refractivity contribution in [1.29, 1.82) is 0 Å². The van der Waals surface area contributed by atoms with Crippen LogP contribution in [-0.2, 0) is 9.59 Å². The second-order valence-electron chi connectivity index (χ2n) is 3.27. The van der Waals surface area contributed by atoms with E-state index in [0.717, 1.165) is 0 Å². The van der Waals surface area contributed by atoms with Crippen molar-refractivity contribution in [3.63, 3.8) is 0 Å². The Morgan fingerprint density at radius 1 is 1.25 bits per heavy atom. The van der Waals surface area contributed by atoms with Crippen LogP contribution < -0.4 is 10.6 Å². The van der Waals surface area contributed by atoms with Gasteiger partial charge in [-0.05, 0) is 18.2 Å². The summed E-state index contributed by atoms with van der Waals surface area (Å²) in [7, 11) is 0. The molecular weight excluding hydrogens is 211 g/mol. The van der Waals surface area contributed by atoms with Gasteiger partial charge in [-0.15, -0.1) is 0 Å². The van der Waals surface area contributed by atoms with E-state index in [-0.39, 0.29) is 23.9 Å². The molecule has 0 radical (unpaired) electrons. The third-order valence-electron chi connectivity index (χ3n) is 1.89. The van der Waals surface area contributed by atoms with Crippen molar-refractivity contribution in [2.45, 2.75) is 20.3 Å². The zero-order valence-corrected chi connectivity index (χ0v) is 9.13. The summed E-state index contributed by atoms with van der Waals surface area (Å²) < 4.78 is 13.0. The summed E-state index contributed by atoms with van der Waals surface area (Å²) in [6, 6.07) is 3.79. The summed E-state index contributed by atoms with van der Waals surface area (Å²) in [6.45, 7) is 3.03. The lowest BCUT2D eigenvalue weighted by molar-refractivity contribution is -0.116. The van der Waals surface area contributed by atoms with Gasteiger partial charge in [0.25, 0.3) is 0 Å². The van der Waals surface area contributed by atoms with Crippen LogP contribution in [0.3, 0.4) is 0 Å². The first-order valence-electron chi connectivity index (χ1n) is 4.90. The summed E-state index contributed by atoms with van der Waals surface area (Å²) in [5.41, 5.74) is 0.651. The number of hydrogen-bond donors (Lipinski definition) is 2. The van der Waals surface area contributed by atoms with Crippen LogP contribution >= 0.6 is 0 Å². The minimum Gasteiger partial charge on any atom is -0.325 e. The summed E-state index contributed by atoms with van der Waals surface area (Å²) in [6.07, 6.45) is 0.288. The van der Waals surface area contributed by atoms with E-state index >= 15 is 0 Å². The van der Waals surface area contributed by atoms with Gasteiger partial charge >= 0.3 is 0 Å². The van der Waals surface area contributed by atoms with E-state index in [1.165, 1.54) is 25.1 Å². The average Bonchev–Trinajstić information content (AvgIpc) is 2.21. The van der Waals surface area contributed by atoms with Crippen molar-refractivity contribution in [3.8, 4) is 0 Å². The topological polar surface area (TPSA) is 58.2 Å². The van der Waals surface area contributed by atoms with Crippen molar-refractivity contribution in [2.24, 2.45) is 0 Å². The molecule has 0 aliphatic heterocycles. The molecule has 1 rings (SSSR count).